The van der Waals surface area contributed by atoms with Gasteiger partial charge in [0.15, 0.2) is 0 Å². The molecule has 2 saturated heterocycles. The number of nitrogens with zero attached hydrogens (tertiary/aromatic N) is 4. The highest BCUT2D eigenvalue weighted by Gasteiger charge is 2.52. The number of carbonyl (C=O) groups is 4. The van der Waals surface area contributed by atoms with Crippen LogP contribution in [-0.2, 0) is 24.5 Å². The van der Waals surface area contributed by atoms with E-state index in [-0.39, 0.29) is 41.1 Å². The molecule has 0 unspecified atom stereocenters. The summed E-state index contributed by atoms with van der Waals surface area (Å²) < 4.78 is 16.3. The zero-order valence-corrected chi connectivity index (χ0v) is 35.3. The Bertz CT molecular complexity index is 2260. The van der Waals surface area contributed by atoms with Crippen LogP contribution in [0.4, 0.5) is 9.59 Å². The third-order valence-corrected chi connectivity index (χ3v) is 13.4. The molecular formula is C45H56N8O7. The lowest BCUT2D eigenvalue weighted by Gasteiger charge is -2.30. The standard InChI is InChI=1S/C45H56N8O7/c1-7-25(3)37(50-43(56)58-5)41(54)52-19-9-11-33(52)39-46-23-31(48-39)27-14-16-35-30(21-27)45(17-18-45)29-15-13-28(22-36(29)60-35)32-24-47-40(49-32)34-12-10-20-53(34)42(55)38(26(4)8-2)51-44(57)59-6/h13-16,21-26,33-34,37-38H,7-12,17-20H2,1-6H3,(H,46,48)(H,47,49)(H,50,56)(H,51,57)/t25-,26-,33-,34-,37-,38-/m0/s1. The highest BCUT2D eigenvalue weighted by atomic mass is 16.5. The van der Waals surface area contributed by atoms with E-state index in [0.717, 1.165) is 102 Å². The first-order chi connectivity index (χ1) is 29.0. The van der Waals surface area contributed by atoms with Gasteiger partial charge in [-0.3, -0.25) is 9.59 Å². The number of hydrogen-bond donors (Lipinski definition) is 4. The maximum atomic E-state index is 13.8. The summed E-state index contributed by atoms with van der Waals surface area (Å²) in [6.07, 6.45) is 9.12. The number of amides is 4. The second-order valence-electron chi connectivity index (χ2n) is 16.8. The number of imidazole rings is 2. The second kappa shape index (κ2) is 16.7. The Morgan fingerprint density at radius 3 is 1.73 bits per heavy atom. The van der Waals surface area contributed by atoms with E-state index in [9.17, 15) is 19.2 Å². The van der Waals surface area contributed by atoms with E-state index in [0.29, 0.717) is 18.9 Å². The van der Waals surface area contributed by atoms with Gasteiger partial charge in [0.2, 0.25) is 11.8 Å². The normalized spacial score (nSPS) is 20.6. The minimum Gasteiger partial charge on any atom is -0.457 e. The van der Waals surface area contributed by atoms with Crippen LogP contribution in [0.15, 0.2) is 48.8 Å². The van der Waals surface area contributed by atoms with Crippen molar-refractivity contribution in [3.05, 3.63) is 71.6 Å². The zero-order chi connectivity index (χ0) is 42.3. The highest BCUT2D eigenvalue weighted by Crippen LogP contribution is 2.62. The second-order valence-corrected chi connectivity index (χ2v) is 16.8. The van der Waals surface area contributed by atoms with E-state index < -0.39 is 24.3 Å². The molecule has 1 saturated carbocycles. The molecular weight excluding hydrogens is 765 g/mol. The van der Waals surface area contributed by atoms with Crippen molar-refractivity contribution in [2.24, 2.45) is 11.8 Å². The number of aromatic amines is 2. The molecule has 1 spiro atoms. The number of H-pyrrole nitrogens is 2. The number of methoxy groups -OCH3 is 2. The van der Waals surface area contributed by atoms with E-state index in [2.05, 4.69) is 44.9 Å². The van der Waals surface area contributed by atoms with Crippen molar-refractivity contribution in [1.29, 1.82) is 0 Å². The molecule has 4 amide bonds. The summed E-state index contributed by atoms with van der Waals surface area (Å²) in [5.74, 6) is 2.70. The van der Waals surface area contributed by atoms with E-state index in [1.807, 2.05) is 62.0 Å². The maximum absolute atomic E-state index is 13.8. The van der Waals surface area contributed by atoms with E-state index in [1.165, 1.54) is 14.2 Å². The van der Waals surface area contributed by atoms with Gasteiger partial charge in [0.05, 0.1) is 50.1 Å². The van der Waals surface area contributed by atoms with Crippen LogP contribution in [0.2, 0.25) is 0 Å². The average molecular weight is 821 g/mol. The third-order valence-electron chi connectivity index (χ3n) is 13.4. The Morgan fingerprint density at radius 2 is 1.25 bits per heavy atom. The van der Waals surface area contributed by atoms with E-state index >= 15 is 0 Å². The van der Waals surface area contributed by atoms with Crippen molar-refractivity contribution in [2.75, 3.05) is 27.3 Å². The average Bonchev–Trinajstić information content (AvgIpc) is 3.84. The van der Waals surface area contributed by atoms with Crippen molar-refractivity contribution in [3.8, 4) is 34.0 Å². The first kappa shape index (κ1) is 40.9. The van der Waals surface area contributed by atoms with Gasteiger partial charge in [0.1, 0.15) is 35.2 Å². The summed E-state index contributed by atoms with van der Waals surface area (Å²) >= 11 is 0. The molecule has 4 N–H and O–H groups in total. The number of aromatic nitrogens is 4. The van der Waals surface area contributed by atoms with Crippen LogP contribution in [0.25, 0.3) is 22.5 Å². The molecule has 5 heterocycles. The largest absolute Gasteiger partial charge is 0.457 e. The lowest BCUT2D eigenvalue weighted by Crippen LogP contribution is -2.51. The molecule has 0 bridgehead atoms. The molecule has 15 heteroatoms. The predicted octanol–water partition coefficient (Wildman–Crippen LogP) is 7.52. The van der Waals surface area contributed by atoms with Gasteiger partial charge in [-0.15, -0.1) is 0 Å². The van der Waals surface area contributed by atoms with Gasteiger partial charge in [0.25, 0.3) is 0 Å². The van der Waals surface area contributed by atoms with Crippen LogP contribution in [0.3, 0.4) is 0 Å². The number of hydrogen-bond acceptors (Lipinski definition) is 9. The Balaban J connectivity index is 0.990. The number of ether oxygens (including phenoxy) is 3. The molecule has 15 nitrogen and oxygen atoms in total. The molecule has 3 fully saturated rings. The van der Waals surface area contributed by atoms with Gasteiger partial charge in [-0.25, -0.2) is 19.6 Å². The fourth-order valence-corrected chi connectivity index (χ4v) is 9.29. The number of alkyl carbamates (subject to hydrolysis) is 2. The minimum absolute atomic E-state index is 0.0631. The van der Waals surface area contributed by atoms with Gasteiger partial charge in [-0.2, -0.15) is 0 Å². The van der Waals surface area contributed by atoms with Gasteiger partial charge >= 0.3 is 12.2 Å². The molecule has 2 aromatic heterocycles. The van der Waals surface area contributed by atoms with Crippen molar-refractivity contribution >= 4 is 24.0 Å². The van der Waals surface area contributed by atoms with Crippen molar-refractivity contribution in [1.82, 2.24) is 40.4 Å². The minimum atomic E-state index is -0.687. The summed E-state index contributed by atoms with van der Waals surface area (Å²) in [6.45, 7) is 9.10. The van der Waals surface area contributed by atoms with Crippen LogP contribution < -0.4 is 15.4 Å². The molecule has 0 radical (unpaired) electrons. The third kappa shape index (κ3) is 7.47. The maximum Gasteiger partial charge on any atom is 0.407 e. The number of likely N-dealkylation sites (tertiary alicyclic amines) is 2. The number of nitrogens with one attached hydrogen (secondary N) is 4. The van der Waals surface area contributed by atoms with Crippen LogP contribution in [0.5, 0.6) is 11.5 Å². The van der Waals surface area contributed by atoms with E-state index in [1.54, 1.807) is 0 Å². The Morgan fingerprint density at radius 1 is 0.750 bits per heavy atom. The molecule has 318 valence electrons. The van der Waals surface area contributed by atoms with Crippen molar-refractivity contribution in [3.63, 3.8) is 0 Å². The Hall–Kier alpha value is -5.86. The van der Waals surface area contributed by atoms with Gasteiger partial charge in [0, 0.05) is 40.8 Å². The fraction of sp³-hybridized carbons (Fsp3) is 0.511. The number of fused-ring (bicyclic) bond motifs is 4. The summed E-state index contributed by atoms with van der Waals surface area (Å²) in [7, 11) is 2.61. The quantitative estimate of drug-likeness (QED) is 0.112. The SMILES string of the molecule is CC[C@H](C)[C@H](NC(=O)OC)C(=O)N1CCC[C@H]1c1ncc(-c2ccc3c(c2)Oc2ccc(-c4cnc([C@@H]5CCCN5C(=O)[C@@H](NC(=O)OC)[C@@H](C)CC)[nH]4)cc2C32CC2)[nH]1. The van der Waals surface area contributed by atoms with Gasteiger partial charge in [-0.1, -0.05) is 52.7 Å². The molecule has 3 aliphatic heterocycles. The van der Waals surface area contributed by atoms with Crippen LogP contribution in [0.1, 0.15) is 114 Å². The molecule has 1 aliphatic carbocycles. The first-order valence-corrected chi connectivity index (χ1v) is 21.4. The van der Waals surface area contributed by atoms with Crippen LogP contribution >= 0.6 is 0 Å². The lowest BCUT2D eigenvalue weighted by molar-refractivity contribution is -0.136. The topological polar surface area (TPSA) is 184 Å². The van der Waals surface area contributed by atoms with Crippen molar-refractivity contribution < 1.29 is 33.4 Å². The molecule has 2 aromatic carbocycles. The fourth-order valence-electron chi connectivity index (χ4n) is 9.29. The number of rotatable bonds is 12. The Labute approximate surface area is 350 Å². The summed E-state index contributed by atoms with van der Waals surface area (Å²) in [5, 5.41) is 5.52. The molecule has 6 atom stereocenters. The van der Waals surface area contributed by atoms with Crippen LogP contribution in [-0.4, -0.2) is 93.1 Å². The Kier molecular flexibility index (Phi) is 11.4. The smallest absolute Gasteiger partial charge is 0.407 e. The monoisotopic (exact) mass is 820 g/mol. The van der Waals surface area contributed by atoms with E-state index in [4.69, 9.17) is 24.2 Å². The summed E-state index contributed by atoms with van der Waals surface area (Å²) in [5.41, 5.74) is 5.77. The lowest BCUT2D eigenvalue weighted by atomic mass is 9.83. The van der Waals surface area contributed by atoms with Crippen molar-refractivity contribution in [2.45, 2.75) is 109 Å². The first-order valence-electron chi connectivity index (χ1n) is 21.4. The molecule has 4 aliphatic rings. The number of carbonyl (C=O) groups excluding carboxylic acids is 4. The zero-order valence-electron chi connectivity index (χ0n) is 35.3. The highest BCUT2D eigenvalue weighted by molar-refractivity contribution is 5.87. The van der Waals surface area contributed by atoms with Gasteiger partial charge in [-0.05, 0) is 74.6 Å². The van der Waals surface area contributed by atoms with Crippen LogP contribution in [0, 0.1) is 11.8 Å². The molecule has 60 heavy (non-hydrogen) atoms. The summed E-state index contributed by atoms with van der Waals surface area (Å²) in [6, 6.07) is 10.8. The van der Waals surface area contributed by atoms with Gasteiger partial charge < -0.3 is 44.6 Å². The predicted molar refractivity (Wildman–Crippen MR) is 223 cm³/mol. The number of benzene rings is 2. The molecule has 8 rings (SSSR count). The summed E-state index contributed by atoms with van der Waals surface area (Å²) in [4.78, 5) is 72.2. The molecule has 4 aromatic rings.